The molecule has 2 aromatic rings. The van der Waals surface area contributed by atoms with Crippen LogP contribution in [0.1, 0.15) is 12.5 Å². The van der Waals surface area contributed by atoms with Crippen LogP contribution in [-0.4, -0.2) is 11.5 Å². The van der Waals surface area contributed by atoms with Gasteiger partial charge in [-0.25, -0.2) is 9.37 Å². The summed E-state index contributed by atoms with van der Waals surface area (Å²) in [6.45, 7) is 3.26. The molecule has 94 valence electrons. The average molecular weight is 245 g/mol. The van der Waals surface area contributed by atoms with Crippen molar-refractivity contribution in [2.45, 2.75) is 13.5 Å². The SMILES string of the molecule is CCNCc1c(F)cccc1-c1cccc(N)n1. The maximum atomic E-state index is 13.9. The first-order valence-electron chi connectivity index (χ1n) is 5.93. The Morgan fingerprint density at radius 2 is 2.00 bits per heavy atom. The van der Waals surface area contributed by atoms with Crippen molar-refractivity contribution in [2.24, 2.45) is 0 Å². The predicted molar refractivity (Wildman–Crippen MR) is 71.4 cm³/mol. The van der Waals surface area contributed by atoms with E-state index in [0.717, 1.165) is 12.1 Å². The monoisotopic (exact) mass is 245 g/mol. The molecular weight excluding hydrogens is 229 g/mol. The zero-order chi connectivity index (χ0) is 13.0. The third-order valence-electron chi connectivity index (χ3n) is 2.72. The van der Waals surface area contributed by atoms with Crippen molar-refractivity contribution in [3.63, 3.8) is 0 Å². The molecular formula is C14H16FN3. The zero-order valence-corrected chi connectivity index (χ0v) is 10.3. The van der Waals surface area contributed by atoms with E-state index in [1.165, 1.54) is 6.07 Å². The summed E-state index contributed by atoms with van der Waals surface area (Å²) in [5, 5.41) is 3.13. The molecule has 0 aliphatic carbocycles. The smallest absolute Gasteiger partial charge is 0.128 e. The van der Waals surface area contributed by atoms with E-state index in [-0.39, 0.29) is 5.82 Å². The van der Waals surface area contributed by atoms with Gasteiger partial charge in [-0.05, 0) is 24.7 Å². The van der Waals surface area contributed by atoms with Crippen LogP contribution in [0.5, 0.6) is 0 Å². The molecule has 0 amide bonds. The van der Waals surface area contributed by atoms with Crippen LogP contribution in [0.4, 0.5) is 10.2 Å². The summed E-state index contributed by atoms with van der Waals surface area (Å²) in [6, 6.07) is 10.4. The number of nitrogens with zero attached hydrogens (tertiary/aromatic N) is 1. The van der Waals surface area contributed by atoms with Gasteiger partial charge in [0.1, 0.15) is 11.6 Å². The van der Waals surface area contributed by atoms with Crippen LogP contribution in [-0.2, 0) is 6.54 Å². The number of anilines is 1. The number of nitrogens with two attached hydrogens (primary N) is 1. The molecule has 0 bridgehead atoms. The molecule has 0 radical (unpaired) electrons. The van der Waals surface area contributed by atoms with Gasteiger partial charge in [0.2, 0.25) is 0 Å². The van der Waals surface area contributed by atoms with E-state index in [0.29, 0.717) is 23.6 Å². The summed E-state index contributed by atoms with van der Waals surface area (Å²) >= 11 is 0. The number of hydrogen-bond acceptors (Lipinski definition) is 3. The first kappa shape index (κ1) is 12.5. The molecule has 0 fully saturated rings. The maximum Gasteiger partial charge on any atom is 0.128 e. The molecule has 1 aromatic heterocycles. The second-order valence-corrected chi connectivity index (χ2v) is 3.99. The minimum atomic E-state index is -0.224. The molecule has 18 heavy (non-hydrogen) atoms. The Morgan fingerprint density at radius 1 is 1.22 bits per heavy atom. The molecule has 0 aliphatic heterocycles. The Kier molecular flexibility index (Phi) is 3.89. The van der Waals surface area contributed by atoms with Crippen LogP contribution >= 0.6 is 0 Å². The van der Waals surface area contributed by atoms with E-state index in [1.807, 2.05) is 25.1 Å². The maximum absolute atomic E-state index is 13.9. The third-order valence-corrected chi connectivity index (χ3v) is 2.72. The molecule has 0 unspecified atom stereocenters. The van der Waals surface area contributed by atoms with Crippen LogP contribution in [0.25, 0.3) is 11.3 Å². The molecule has 0 aliphatic rings. The minimum Gasteiger partial charge on any atom is -0.384 e. The Hall–Kier alpha value is -1.94. The van der Waals surface area contributed by atoms with Gasteiger partial charge in [-0.15, -0.1) is 0 Å². The highest BCUT2D eigenvalue weighted by molar-refractivity contribution is 5.65. The van der Waals surface area contributed by atoms with E-state index in [1.54, 1.807) is 12.1 Å². The lowest BCUT2D eigenvalue weighted by atomic mass is 10.0. The van der Waals surface area contributed by atoms with Gasteiger partial charge >= 0.3 is 0 Å². The van der Waals surface area contributed by atoms with Crippen molar-refractivity contribution in [2.75, 3.05) is 12.3 Å². The van der Waals surface area contributed by atoms with Gasteiger partial charge < -0.3 is 11.1 Å². The first-order chi connectivity index (χ1) is 8.72. The molecule has 2 rings (SSSR count). The highest BCUT2D eigenvalue weighted by Crippen LogP contribution is 2.24. The summed E-state index contributed by atoms with van der Waals surface area (Å²) in [6.07, 6.45) is 0. The number of nitrogens with one attached hydrogen (secondary N) is 1. The number of benzene rings is 1. The van der Waals surface area contributed by atoms with Gasteiger partial charge in [0.05, 0.1) is 5.69 Å². The van der Waals surface area contributed by atoms with Crippen LogP contribution in [0.2, 0.25) is 0 Å². The van der Waals surface area contributed by atoms with E-state index < -0.39 is 0 Å². The summed E-state index contributed by atoms with van der Waals surface area (Å²) in [5.74, 6) is 0.212. The van der Waals surface area contributed by atoms with Gasteiger partial charge in [0, 0.05) is 17.7 Å². The molecule has 1 heterocycles. The molecule has 0 saturated carbocycles. The Bertz CT molecular complexity index is 540. The second kappa shape index (κ2) is 5.60. The number of nitrogen functional groups attached to an aromatic ring is 1. The van der Waals surface area contributed by atoms with Crippen molar-refractivity contribution < 1.29 is 4.39 Å². The number of pyridine rings is 1. The van der Waals surface area contributed by atoms with Crippen molar-refractivity contribution in [1.29, 1.82) is 0 Å². The van der Waals surface area contributed by atoms with Gasteiger partial charge in [0.25, 0.3) is 0 Å². The van der Waals surface area contributed by atoms with Gasteiger partial charge in [-0.1, -0.05) is 25.1 Å². The minimum absolute atomic E-state index is 0.224. The lowest BCUT2D eigenvalue weighted by molar-refractivity contribution is 0.594. The van der Waals surface area contributed by atoms with E-state index in [9.17, 15) is 4.39 Å². The van der Waals surface area contributed by atoms with E-state index >= 15 is 0 Å². The lowest BCUT2D eigenvalue weighted by Gasteiger charge is -2.11. The summed E-state index contributed by atoms with van der Waals surface area (Å²) in [4.78, 5) is 4.24. The van der Waals surface area contributed by atoms with Crippen molar-refractivity contribution in [1.82, 2.24) is 10.3 Å². The summed E-state index contributed by atoms with van der Waals surface area (Å²) < 4.78 is 13.9. The largest absolute Gasteiger partial charge is 0.384 e. The molecule has 3 N–H and O–H groups in total. The van der Waals surface area contributed by atoms with Gasteiger partial charge in [-0.3, -0.25) is 0 Å². The molecule has 1 aromatic carbocycles. The van der Waals surface area contributed by atoms with Crippen LogP contribution in [0.15, 0.2) is 36.4 Å². The van der Waals surface area contributed by atoms with E-state index in [2.05, 4.69) is 10.3 Å². The van der Waals surface area contributed by atoms with Crippen molar-refractivity contribution in [3.8, 4) is 11.3 Å². The van der Waals surface area contributed by atoms with Gasteiger partial charge in [0.15, 0.2) is 0 Å². The summed E-state index contributed by atoms with van der Waals surface area (Å²) in [5.41, 5.74) is 7.76. The molecule has 0 spiro atoms. The fraction of sp³-hybridized carbons (Fsp3) is 0.214. The molecule has 0 saturated heterocycles. The number of rotatable bonds is 4. The van der Waals surface area contributed by atoms with Gasteiger partial charge in [-0.2, -0.15) is 0 Å². The first-order valence-corrected chi connectivity index (χ1v) is 5.93. The topological polar surface area (TPSA) is 50.9 Å². The quantitative estimate of drug-likeness (QED) is 0.870. The zero-order valence-electron chi connectivity index (χ0n) is 10.3. The Balaban J connectivity index is 2.46. The third kappa shape index (κ3) is 2.65. The van der Waals surface area contributed by atoms with Crippen LogP contribution < -0.4 is 11.1 Å². The Morgan fingerprint density at radius 3 is 2.72 bits per heavy atom. The molecule has 4 heteroatoms. The highest BCUT2D eigenvalue weighted by atomic mass is 19.1. The van der Waals surface area contributed by atoms with Crippen LogP contribution in [0.3, 0.4) is 0 Å². The highest BCUT2D eigenvalue weighted by Gasteiger charge is 2.10. The Labute approximate surface area is 106 Å². The number of hydrogen-bond donors (Lipinski definition) is 2. The average Bonchev–Trinajstić information content (AvgIpc) is 2.37. The second-order valence-electron chi connectivity index (χ2n) is 3.99. The number of aromatic nitrogens is 1. The summed E-state index contributed by atoms with van der Waals surface area (Å²) in [7, 11) is 0. The van der Waals surface area contributed by atoms with Crippen molar-refractivity contribution >= 4 is 5.82 Å². The normalized spacial score (nSPS) is 10.6. The van der Waals surface area contributed by atoms with Crippen molar-refractivity contribution in [3.05, 3.63) is 47.8 Å². The predicted octanol–water partition coefficient (Wildman–Crippen LogP) is 2.58. The molecule has 0 atom stereocenters. The van der Waals surface area contributed by atoms with Crippen LogP contribution in [0, 0.1) is 5.82 Å². The fourth-order valence-electron chi connectivity index (χ4n) is 1.83. The fourth-order valence-corrected chi connectivity index (χ4v) is 1.83. The molecule has 3 nitrogen and oxygen atoms in total. The van der Waals surface area contributed by atoms with E-state index in [4.69, 9.17) is 5.73 Å². The lowest BCUT2D eigenvalue weighted by Crippen LogP contribution is -2.14. The standard InChI is InChI=1S/C14H16FN3/c1-2-17-9-11-10(5-3-6-12(11)15)13-7-4-8-14(16)18-13/h3-8,17H,2,9H2,1H3,(H2,16,18). The number of halogens is 1.